The van der Waals surface area contributed by atoms with Gasteiger partial charge in [0.25, 0.3) is 5.91 Å². The number of ether oxygens (including phenoxy) is 1. The van der Waals surface area contributed by atoms with Crippen molar-refractivity contribution >= 4 is 16.7 Å². The molecule has 0 radical (unpaired) electrons. The van der Waals surface area contributed by atoms with Gasteiger partial charge in [-0.25, -0.2) is 9.97 Å². The standard InChI is InChI=1S/C20H19N3O2/c1-13-21-11-15(12-22-13)19-16-6-4-3-5-14(16)7-8-17(19)25-18-9-10-23(2)20(18)24/h3-8,11-12,18H,9-10H2,1-2H3. The monoisotopic (exact) mass is 333 g/mol. The summed E-state index contributed by atoms with van der Waals surface area (Å²) in [4.78, 5) is 22.6. The maximum atomic E-state index is 12.2. The van der Waals surface area contributed by atoms with Crippen LogP contribution >= 0.6 is 0 Å². The zero-order valence-corrected chi connectivity index (χ0v) is 14.3. The SMILES string of the molecule is Cc1ncc(-c2c(OC3CCN(C)C3=O)ccc3ccccc23)cn1. The summed E-state index contributed by atoms with van der Waals surface area (Å²) in [5, 5.41) is 2.17. The molecule has 4 rings (SSSR count). The van der Waals surface area contributed by atoms with Gasteiger partial charge in [0.05, 0.1) is 0 Å². The Morgan fingerprint density at radius 2 is 1.88 bits per heavy atom. The topological polar surface area (TPSA) is 55.3 Å². The van der Waals surface area contributed by atoms with Crippen molar-refractivity contribution in [3.63, 3.8) is 0 Å². The van der Waals surface area contributed by atoms with Crippen LogP contribution in [-0.4, -0.2) is 40.5 Å². The molecule has 0 saturated carbocycles. The van der Waals surface area contributed by atoms with Gasteiger partial charge in [-0.3, -0.25) is 4.79 Å². The molecule has 126 valence electrons. The fourth-order valence-electron chi connectivity index (χ4n) is 3.22. The molecule has 0 spiro atoms. The summed E-state index contributed by atoms with van der Waals surface area (Å²) in [5.74, 6) is 1.44. The first-order valence-electron chi connectivity index (χ1n) is 8.36. The van der Waals surface area contributed by atoms with E-state index in [1.807, 2.05) is 31.2 Å². The van der Waals surface area contributed by atoms with Gasteiger partial charge in [0.1, 0.15) is 11.6 Å². The van der Waals surface area contributed by atoms with Crippen LogP contribution in [0, 0.1) is 6.92 Å². The van der Waals surface area contributed by atoms with E-state index in [2.05, 4.69) is 22.1 Å². The Morgan fingerprint density at radius 3 is 2.60 bits per heavy atom. The van der Waals surface area contributed by atoms with E-state index in [9.17, 15) is 4.79 Å². The number of hydrogen-bond donors (Lipinski definition) is 0. The van der Waals surface area contributed by atoms with Gasteiger partial charge in [-0.15, -0.1) is 0 Å². The molecule has 1 unspecified atom stereocenters. The molecule has 0 N–H and O–H groups in total. The lowest BCUT2D eigenvalue weighted by Crippen LogP contribution is -2.29. The first-order valence-corrected chi connectivity index (χ1v) is 8.36. The molecule has 0 bridgehead atoms. The summed E-state index contributed by atoms with van der Waals surface area (Å²) >= 11 is 0. The summed E-state index contributed by atoms with van der Waals surface area (Å²) in [7, 11) is 1.81. The Bertz CT molecular complexity index is 937. The number of amides is 1. The number of aryl methyl sites for hydroxylation is 1. The molecule has 2 aromatic carbocycles. The zero-order valence-electron chi connectivity index (χ0n) is 14.3. The number of likely N-dealkylation sites (tertiary alicyclic amines) is 1. The number of nitrogens with zero attached hydrogens (tertiary/aromatic N) is 3. The van der Waals surface area contributed by atoms with Crippen LogP contribution in [0.1, 0.15) is 12.2 Å². The summed E-state index contributed by atoms with van der Waals surface area (Å²) in [6, 6.07) is 12.1. The molecule has 0 aliphatic carbocycles. The normalized spacial score (nSPS) is 17.3. The molecule has 1 aliphatic heterocycles. The van der Waals surface area contributed by atoms with Crippen molar-refractivity contribution in [2.45, 2.75) is 19.4 Å². The minimum atomic E-state index is -0.434. The third-order valence-corrected chi connectivity index (χ3v) is 4.61. The van der Waals surface area contributed by atoms with Gasteiger partial charge >= 0.3 is 0 Å². The molecule has 1 amide bonds. The zero-order chi connectivity index (χ0) is 17.4. The average Bonchev–Trinajstić information content (AvgIpc) is 2.95. The molecule has 1 saturated heterocycles. The van der Waals surface area contributed by atoms with E-state index >= 15 is 0 Å². The number of hydrogen-bond acceptors (Lipinski definition) is 4. The predicted molar refractivity (Wildman–Crippen MR) is 96.4 cm³/mol. The van der Waals surface area contributed by atoms with Gasteiger partial charge in [-0.2, -0.15) is 0 Å². The second-order valence-electron chi connectivity index (χ2n) is 6.33. The molecule has 5 heteroatoms. The Hall–Kier alpha value is -2.95. The van der Waals surface area contributed by atoms with E-state index in [4.69, 9.17) is 4.74 Å². The molecular weight excluding hydrogens is 314 g/mol. The summed E-state index contributed by atoms with van der Waals surface area (Å²) in [6.45, 7) is 2.58. The lowest BCUT2D eigenvalue weighted by Gasteiger charge is -2.18. The number of aromatic nitrogens is 2. The van der Waals surface area contributed by atoms with Gasteiger partial charge in [-0.05, 0) is 23.8 Å². The Morgan fingerprint density at radius 1 is 1.12 bits per heavy atom. The van der Waals surface area contributed by atoms with Crippen molar-refractivity contribution in [1.29, 1.82) is 0 Å². The van der Waals surface area contributed by atoms with Gasteiger partial charge in [0.15, 0.2) is 6.10 Å². The first kappa shape index (κ1) is 15.6. The third kappa shape index (κ3) is 2.82. The van der Waals surface area contributed by atoms with E-state index < -0.39 is 6.10 Å². The van der Waals surface area contributed by atoms with Crippen LogP contribution in [0.5, 0.6) is 5.75 Å². The maximum Gasteiger partial charge on any atom is 0.263 e. The van der Waals surface area contributed by atoms with E-state index in [1.54, 1.807) is 24.3 Å². The average molecular weight is 333 g/mol. The fraction of sp³-hybridized carbons (Fsp3) is 0.250. The number of rotatable bonds is 3. The number of benzene rings is 2. The molecular formula is C20H19N3O2. The van der Waals surface area contributed by atoms with Crippen molar-refractivity contribution in [1.82, 2.24) is 14.9 Å². The maximum absolute atomic E-state index is 12.2. The minimum Gasteiger partial charge on any atom is -0.480 e. The van der Waals surface area contributed by atoms with Gasteiger partial charge in [0, 0.05) is 43.5 Å². The third-order valence-electron chi connectivity index (χ3n) is 4.61. The molecule has 2 heterocycles. The number of likely N-dealkylation sites (N-methyl/N-ethyl adjacent to an activating group) is 1. The Balaban J connectivity index is 1.84. The van der Waals surface area contributed by atoms with E-state index in [0.29, 0.717) is 12.2 Å². The molecule has 3 aromatic rings. The second kappa shape index (κ2) is 6.16. The van der Waals surface area contributed by atoms with Crippen LogP contribution in [0.3, 0.4) is 0 Å². The quantitative estimate of drug-likeness (QED) is 0.738. The van der Waals surface area contributed by atoms with E-state index in [-0.39, 0.29) is 5.91 Å². The van der Waals surface area contributed by atoms with Crippen LogP contribution in [0.2, 0.25) is 0 Å². The largest absolute Gasteiger partial charge is 0.480 e. The predicted octanol–water partition coefficient (Wildman–Crippen LogP) is 3.21. The summed E-state index contributed by atoms with van der Waals surface area (Å²) < 4.78 is 6.14. The van der Waals surface area contributed by atoms with Crippen molar-refractivity contribution in [3.05, 3.63) is 54.6 Å². The van der Waals surface area contributed by atoms with Crippen LogP contribution in [0.4, 0.5) is 0 Å². The van der Waals surface area contributed by atoms with Crippen molar-refractivity contribution < 1.29 is 9.53 Å². The Labute approximate surface area is 146 Å². The fourth-order valence-corrected chi connectivity index (χ4v) is 3.22. The number of carbonyl (C=O) groups excluding carboxylic acids is 1. The van der Waals surface area contributed by atoms with Gasteiger partial charge in [-0.1, -0.05) is 30.3 Å². The highest BCUT2D eigenvalue weighted by molar-refractivity contribution is 5.99. The highest BCUT2D eigenvalue weighted by atomic mass is 16.5. The van der Waals surface area contributed by atoms with Gasteiger partial charge in [0.2, 0.25) is 0 Å². The molecule has 25 heavy (non-hydrogen) atoms. The lowest BCUT2D eigenvalue weighted by atomic mass is 9.99. The van der Waals surface area contributed by atoms with Crippen LogP contribution in [0.25, 0.3) is 21.9 Å². The molecule has 1 aromatic heterocycles. The molecule has 1 aliphatic rings. The second-order valence-corrected chi connectivity index (χ2v) is 6.33. The van der Waals surface area contributed by atoms with Crippen LogP contribution in [-0.2, 0) is 4.79 Å². The Kier molecular flexibility index (Phi) is 3.84. The van der Waals surface area contributed by atoms with Crippen molar-refractivity contribution in [3.8, 4) is 16.9 Å². The summed E-state index contributed by atoms with van der Waals surface area (Å²) in [6.07, 6.45) is 3.88. The lowest BCUT2D eigenvalue weighted by molar-refractivity contribution is -0.132. The number of fused-ring (bicyclic) bond motifs is 1. The molecule has 1 atom stereocenters. The summed E-state index contributed by atoms with van der Waals surface area (Å²) in [5.41, 5.74) is 1.82. The number of carbonyl (C=O) groups is 1. The smallest absolute Gasteiger partial charge is 0.263 e. The van der Waals surface area contributed by atoms with Crippen molar-refractivity contribution in [2.24, 2.45) is 0 Å². The van der Waals surface area contributed by atoms with E-state index in [1.165, 1.54) is 0 Å². The first-order chi connectivity index (χ1) is 12.1. The van der Waals surface area contributed by atoms with Gasteiger partial charge < -0.3 is 9.64 Å². The minimum absolute atomic E-state index is 0.0271. The van der Waals surface area contributed by atoms with Crippen molar-refractivity contribution in [2.75, 3.05) is 13.6 Å². The van der Waals surface area contributed by atoms with E-state index in [0.717, 1.165) is 34.3 Å². The van der Waals surface area contributed by atoms with Crippen LogP contribution in [0.15, 0.2) is 48.8 Å². The molecule has 1 fully saturated rings. The van der Waals surface area contributed by atoms with Crippen LogP contribution < -0.4 is 4.74 Å². The molecule has 5 nitrogen and oxygen atoms in total. The highest BCUT2D eigenvalue weighted by Crippen LogP contribution is 2.37. The highest BCUT2D eigenvalue weighted by Gasteiger charge is 2.31.